The zero-order valence-corrected chi connectivity index (χ0v) is 11.8. The minimum atomic E-state index is 0.0142. The van der Waals surface area contributed by atoms with Crippen molar-refractivity contribution in [2.75, 3.05) is 19.6 Å². The van der Waals surface area contributed by atoms with Crippen LogP contribution < -0.4 is 5.32 Å². The number of nitrogens with zero attached hydrogens (tertiary/aromatic N) is 3. The van der Waals surface area contributed by atoms with E-state index in [2.05, 4.69) is 10.4 Å². The lowest BCUT2D eigenvalue weighted by atomic mass is 9.73. The third-order valence-electron chi connectivity index (χ3n) is 4.59. The van der Waals surface area contributed by atoms with E-state index < -0.39 is 0 Å². The number of carbonyl (C=O) groups excluding carboxylic acids is 2. The smallest absolute Gasteiger partial charge is 0.274 e. The van der Waals surface area contributed by atoms with Crippen LogP contribution in [0.15, 0.2) is 12.3 Å². The van der Waals surface area contributed by atoms with Gasteiger partial charge in [0.15, 0.2) is 0 Å². The Bertz CT molecular complexity index is 517. The normalized spacial score (nSPS) is 21.9. The van der Waals surface area contributed by atoms with Crippen LogP contribution in [0.1, 0.15) is 36.2 Å². The van der Waals surface area contributed by atoms with Gasteiger partial charge in [0.2, 0.25) is 5.91 Å². The molecule has 0 bridgehead atoms. The number of amides is 2. The molecule has 6 nitrogen and oxygen atoms in total. The maximum absolute atomic E-state index is 12.3. The number of nitrogens with one attached hydrogen (secondary N) is 1. The van der Waals surface area contributed by atoms with Gasteiger partial charge in [-0.15, -0.1) is 0 Å². The van der Waals surface area contributed by atoms with Crippen LogP contribution >= 0.6 is 0 Å². The van der Waals surface area contributed by atoms with Gasteiger partial charge in [0.1, 0.15) is 5.69 Å². The second-order valence-electron chi connectivity index (χ2n) is 5.94. The van der Waals surface area contributed by atoms with Gasteiger partial charge in [0.25, 0.3) is 5.91 Å². The molecule has 2 amide bonds. The van der Waals surface area contributed by atoms with Crippen molar-refractivity contribution in [1.82, 2.24) is 20.0 Å². The Morgan fingerprint density at radius 3 is 2.65 bits per heavy atom. The number of hydrogen-bond acceptors (Lipinski definition) is 3. The maximum atomic E-state index is 12.3. The van der Waals surface area contributed by atoms with E-state index in [4.69, 9.17) is 0 Å². The molecule has 2 saturated heterocycles. The minimum absolute atomic E-state index is 0.0142. The Morgan fingerprint density at radius 1 is 1.35 bits per heavy atom. The highest BCUT2D eigenvalue weighted by Crippen LogP contribution is 2.37. The third-order valence-corrected chi connectivity index (χ3v) is 4.59. The Morgan fingerprint density at radius 2 is 2.10 bits per heavy atom. The molecule has 20 heavy (non-hydrogen) atoms. The summed E-state index contributed by atoms with van der Waals surface area (Å²) in [5.74, 6) is 0.169. The Labute approximate surface area is 118 Å². The summed E-state index contributed by atoms with van der Waals surface area (Å²) in [4.78, 5) is 25.5. The van der Waals surface area contributed by atoms with Gasteiger partial charge in [-0.1, -0.05) is 0 Å². The monoisotopic (exact) mass is 276 g/mol. The first-order valence-electron chi connectivity index (χ1n) is 7.14. The molecule has 0 radical (unpaired) electrons. The SMILES string of the molecule is Cn1ccc(C(=O)N2CCC3(CCC(=O)NC3)CC2)n1. The first-order valence-corrected chi connectivity index (χ1v) is 7.14. The molecule has 108 valence electrons. The van der Waals surface area contributed by atoms with E-state index in [0.717, 1.165) is 38.9 Å². The second kappa shape index (κ2) is 4.92. The maximum Gasteiger partial charge on any atom is 0.274 e. The predicted molar refractivity (Wildman–Crippen MR) is 73.0 cm³/mol. The van der Waals surface area contributed by atoms with Crippen molar-refractivity contribution in [2.45, 2.75) is 25.7 Å². The fourth-order valence-electron chi connectivity index (χ4n) is 3.14. The first-order chi connectivity index (χ1) is 9.58. The third kappa shape index (κ3) is 2.42. The number of piperidine rings is 2. The van der Waals surface area contributed by atoms with Crippen LogP contribution in [0.4, 0.5) is 0 Å². The van der Waals surface area contributed by atoms with Gasteiger partial charge in [0.05, 0.1) is 0 Å². The average Bonchev–Trinajstić information content (AvgIpc) is 2.89. The standard InChI is InChI=1S/C14H20N4O2/c1-17-7-3-11(16-17)13(20)18-8-5-14(6-9-18)4-2-12(19)15-10-14/h3,7H,2,4-6,8-10H2,1H3,(H,15,19). The molecule has 0 saturated carbocycles. The molecule has 3 heterocycles. The van der Waals surface area contributed by atoms with E-state index >= 15 is 0 Å². The van der Waals surface area contributed by atoms with Crippen LogP contribution in [0.2, 0.25) is 0 Å². The molecule has 1 N–H and O–H groups in total. The Kier molecular flexibility index (Phi) is 3.23. The first kappa shape index (κ1) is 13.1. The lowest BCUT2D eigenvalue weighted by molar-refractivity contribution is -0.125. The molecule has 3 rings (SSSR count). The molecule has 1 aromatic rings. The molecule has 2 aliphatic rings. The van der Waals surface area contributed by atoms with Crippen LogP contribution in [-0.4, -0.2) is 46.1 Å². The molecular weight excluding hydrogens is 256 g/mol. The van der Waals surface area contributed by atoms with Gasteiger partial charge >= 0.3 is 0 Å². The van der Waals surface area contributed by atoms with Crippen LogP contribution in [0.25, 0.3) is 0 Å². The van der Waals surface area contributed by atoms with E-state index in [9.17, 15) is 9.59 Å². The quantitative estimate of drug-likeness (QED) is 0.814. The molecule has 1 spiro atoms. The molecule has 2 fully saturated rings. The summed E-state index contributed by atoms with van der Waals surface area (Å²) in [5, 5.41) is 7.13. The van der Waals surface area contributed by atoms with Gasteiger partial charge in [-0.3, -0.25) is 14.3 Å². The van der Waals surface area contributed by atoms with Crippen molar-refractivity contribution < 1.29 is 9.59 Å². The van der Waals surface area contributed by atoms with Gasteiger partial charge in [0, 0.05) is 39.3 Å². The molecule has 0 unspecified atom stereocenters. The lowest BCUT2D eigenvalue weighted by Crippen LogP contribution is -2.50. The zero-order valence-electron chi connectivity index (χ0n) is 11.8. The molecule has 0 atom stereocenters. The summed E-state index contributed by atoms with van der Waals surface area (Å²) in [6, 6.07) is 1.76. The lowest BCUT2D eigenvalue weighted by Gasteiger charge is -2.43. The molecular formula is C14H20N4O2. The minimum Gasteiger partial charge on any atom is -0.356 e. The van der Waals surface area contributed by atoms with Crippen molar-refractivity contribution in [3.8, 4) is 0 Å². The summed E-state index contributed by atoms with van der Waals surface area (Å²) < 4.78 is 1.65. The molecule has 1 aromatic heterocycles. The van der Waals surface area contributed by atoms with Gasteiger partial charge in [-0.05, 0) is 30.7 Å². The van der Waals surface area contributed by atoms with Crippen LogP contribution in [0.3, 0.4) is 0 Å². The highest BCUT2D eigenvalue weighted by Gasteiger charge is 2.38. The molecule has 0 aliphatic carbocycles. The van der Waals surface area contributed by atoms with Gasteiger partial charge in [-0.2, -0.15) is 5.10 Å². The average molecular weight is 276 g/mol. The van der Waals surface area contributed by atoms with Crippen molar-refractivity contribution in [3.63, 3.8) is 0 Å². The van der Waals surface area contributed by atoms with Gasteiger partial charge in [-0.25, -0.2) is 0 Å². The molecule has 0 aromatic carbocycles. The highest BCUT2D eigenvalue weighted by atomic mass is 16.2. The van der Waals surface area contributed by atoms with Crippen molar-refractivity contribution >= 4 is 11.8 Å². The number of hydrogen-bond donors (Lipinski definition) is 1. The van der Waals surface area contributed by atoms with Crippen LogP contribution in [0, 0.1) is 5.41 Å². The molecule has 6 heteroatoms. The van der Waals surface area contributed by atoms with Crippen LogP contribution in [0.5, 0.6) is 0 Å². The topological polar surface area (TPSA) is 67.2 Å². The van der Waals surface area contributed by atoms with E-state index in [1.807, 2.05) is 11.9 Å². The van der Waals surface area contributed by atoms with Crippen molar-refractivity contribution in [2.24, 2.45) is 12.5 Å². The summed E-state index contributed by atoms with van der Waals surface area (Å²) in [6.45, 7) is 2.27. The van der Waals surface area contributed by atoms with Gasteiger partial charge < -0.3 is 10.2 Å². The Hall–Kier alpha value is -1.85. The fraction of sp³-hybridized carbons (Fsp3) is 0.643. The van der Waals surface area contributed by atoms with E-state index in [1.165, 1.54) is 0 Å². The van der Waals surface area contributed by atoms with E-state index in [0.29, 0.717) is 12.1 Å². The highest BCUT2D eigenvalue weighted by molar-refractivity contribution is 5.92. The fourth-order valence-corrected chi connectivity index (χ4v) is 3.14. The van der Waals surface area contributed by atoms with Crippen molar-refractivity contribution in [1.29, 1.82) is 0 Å². The largest absolute Gasteiger partial charge is 0.356 e. The van der Waals surface area contributed by atoms with Crippen LogP contribution in [-0.2, 0) is 11.8 Å². The summed E-state index contributed by atoms with van der Waals surface area (Å²) in [7, 11) is 1.81. The number of aryl methyl sites for hydroxylation is 1. The van der Waals surface area contributed by atoms with E-state index in [-0.39, 0.29) is 17.2 Å². The number of likely N-dealkylation sites (tertiary alicyclic amines) is 1. The number of aromatic nitrogens is 2. The van der Waals surface area contributed by atoms with E-state index in [1.54, 1.807) is 16.9 Å². The summed E-state index contributed by atoms with van der Waals surface area (Å²) in [6.07, 6.45) is 5.28. The predicted octanol–water partition coefficient (Wildman–Crippen LogP) is 0.552. The number of rotatable bonds is 1. The second-order valence-corrected chi connectivity index (χ2v) is 5.94. The summed E-state index contributed by atoms with van der Waals surface area (Å²) >= 11 is 0. The Balaban J connectivity index is 1.61. The van der Waals surface area contributed by atoms with Crippen molar-refractivity contribution in [3.05, 3.63) is 18.0 Å². The molecule has 2 aliphatic heterocycles. The summed E-state index contributed by atoms with van der Waals surface area (Å²) in [5.41, 5.74) is 0.717. The number of carbonyl (C=O) groups is 2. The zero-order chi connectivity index (χ0) is 14.2.